The van der Waals surface area contributed by atoms with E-state index in [1.54, 1.807) is 25.3 Å². The molecule has 0 fully saturated rings. The average Bonchev–Trinajstić information content (AvgIpc) is 2.29. The second kappa shape index (κ2) is 6.65. The summed E-state index contributed by atoms with van der Waals surface area (Å²) in [5.41, 5.74) is 0.586. The molecule has 0 heterocycles. The highest BCUT2D eigenvalue weighted by Crippen LogP contribution is 2.25. The second-order valence-corrected chi connectivity index (χ2v) is 4.80. The standard InChI is InChI=1S/C14H19ClO2/c1-4-5-10(2)8-13(16)12-9-11(15)6-7-14(12)17-3/h6-7,9-10H,4-5,8H2,1-3H3. The number of methoxy groups -OCH3 is 1. The van der Waals surface area contributed by atoms with Gasteiger partial charge in [0.25, 0.3) is 0 Å². The topological polar surface area (TPSA) is 26.3 Å². The summed E-state index contributed by atoms with van der Waals surface area (Å²) in [4.78, 5) is 12.1. The number of hydrogen-bond acceptors (Lipinski definition) is 2. The third-order valence-electron chi connectivity index (χ3n) is 2.78. The molecule has 0 amide bonds. The molecule has 94 valence electrons. The molecule has 3 heteroatoms. The number of ketones is 1. The molecule has 0 aliphatic carbocycles. The SMILES string of the molecule is CCCC(C)CC(=O)c1cc(Cl)ccc1OC. The van der Waals surface area contributed by atoms with Crippen molar-refractivity contribution in [2.24, 2.45) is 5.92 Å². The lowest BCUT2D eigenvalue weighted by molar-refractivity contribution is 0.0959. The van der Waals surface area contributed by atoms with E-state index >= 15 is 0 Å². The normalized spacial score (nSPS) is 12.2. The molecule has 0 bridgehead atoms. The Morgan fingerprint density at radius 2 is 2.18 bits per heavy atom. The zero-order valence-electron chi connectivity index (χ0n) is 10.6. The van der Waals surface area contributed by atoms with E-state index in [1.165, 1.54) is 0 Å². The predicted molar refractivity (Wildman–Crippen MR) is 71.0 cm³/mol. The Balaban J connectivity index is 2.83. The Morgan fingerprint density at radius 3 is 2.76 bits per heavy atom. The number of benzene rings is 1. The lowest BCUT2D eigenvalue weighted by Crippen LogP contribution is -2.07. The van der Waals surface area contributed by atoms with Gasteiger partial charge in [-0.25, -0.2) is 0 Å². The minimum atomic E-state index is 0.102. The van der Waals surface area contributed by atoms with E-state index in [2.05, 4.69) is 13.8 Å². The van der Waals surface area contributed by atoms with Gasteiger partial charge < -0.3 is 4.74 Å². The first kappa shape index (κ1) is 14.0. The number of hydrogen-bond donors (Lipinski definition) is 0. The minimum Gasteiger partial charge on any atom is -0.496 e. The van der Waals surface area contributed by atoms with Crippen molar-refractivity contribution < 1.29 is 9.53 Å². The van der Waals surface area contributed by atoms with E-state index < -0.39 is 0 Å². The van der Waals surface area contributed by atoms with Crippen molar-refractivity contribution in [1.82, 2.24) is 0 Å². The van der Waals surface area contributed by atoms with Crippen molar-refractivity contribution in [2.75, 3.05) is 7.11 Å². The molecule has 0 aromatic heterocycles. The van der Waals surface area contributed by atoms with Crippen molar-refractivity contribution in [3.05, 3.63) is 28.8 Å². The first-order chi connectivity index (χ1) is 8.08. The van der Waals surface area contributed by atoms with E-state index in [-0.39, 0.29) is 5.78 Å². The van der Waals surface area contributed by atoms with Gasteiger partial charge in [0, 0.05) is 11.4 Å². The number of Topliss-reactive ketones (excluding diaryl/α,β-unsaturated/α-hetero) is 1. The largest absolute Gasteiger partial charge is 0.496 e. The molecule has 0 N–H and O–H groups in total. The van der Waals surface area contributed by atoms with Crippen LogP contribution in [0.3, 0.4) is 0 Å². The Hall–Kier alpha value is -1.02. The van der Waals surface area contributed by atoms with Crippen LogP contribution in [0.2, 0.25) is 5.02 Å². The Labute approximate surface area is 108 Å². The van der Waals surface area contributed by atoms with Crippen molar-refractivity contribution in [3.63, 3.8) is 0 Å². The van der Waals surface area contributed by atoms with Crippen LogP contribution in [-0.2, 0) is 0 Å². The number of ether oxygens (including phenoxy) is 1. The fourth-order valence-electron chi connectivity index (χ4n) is 1.92. The molecule has 1 rings (SSSR count). The highest BCUT2D eigenvalue weighted by Gasteiger charge is 2.15. The van der Waals surface area contributed by atoms with Gasteiger partial charge in [0.15, 0.2) is 5.78 Å². The number of rotatable bonds is 6. The highest BCUT2D eigenvalue weighted by molar-refractivity contribution is 6.31. The van der Waals surface area contributed by atoms with Gasteiger partial charge in [-0.2, -0.15) is 0 Å². The van der Waals surface area contributed by atoms with Crippen LogP contribution in [0.25, 0.3) is 0 Å². The molecular formula is C14H19ClO2. The summed E-state index contributed by atoms with van der Waals surface area (Å²) in [6, 6.07) is 5.15. The van der Waals surface area contributed by atoms with Gasteiger partial charge in [-0.05, 0) is 24.1 Å². The van der Waals surface area contributed by atoms with Gasteiger partial charge in [-0.1, -0.05) is 38.3 Å². The average molecular weight is 255 g/mol. The smallest absolute Gasteiger partial charge is 0.166 e. The molecule has 0 radical (unpaired) electrons. The van der Waals surface area contributed by atoms with Crippen LogP contribution < -0.4 is 4.74 Å². The molecule has 0 aliphatic rings. The van der Waals surface area contributed by atoms with Crippen LogP contribution in [0.4, 0.5) is 0 Å². The first-order valence-electron chi connectivity index (χ1n) is 5.95. The third kappa shape index (κ3) is 4.04. The lowest BCUT2D eigenvalue weighted by atomic mass is 9.96. The van der Waals surface area contributed by atoms with E-state index in [9.17, 15) is 4.79 Å². The van der Waals surface area contributed by atoms with Crippen LogP contribution in [0, 0.1) is 5.92 Å². The second-order valence-electron chi connectivity index (χ2n) is 4.37. The maximum Gasteiger partial charge on any atom is 0.166 e. The molecule has 0 aliphatic heterocycles. The summed E-state index contributed by atoms with van der Waals surface area (Å²) < 4.78 is 5.18. The zero-order valence-corrected chi connectivity index (χ0v) is 11.4. The number of carbonyl (C=O) groups is 1. The van der Waals surface area contributed by atoms with Crippen molar-refractivity contribution >= 4 is 17.4 Å². The van der Waals surface area contributed by atoms with Gasteiger partial charge >= 0.3 is 0 Å². The molecule has 1 aromatic rings. The quantitative estimate of drug-likeness (QED) is 0.705. The molecule has 17 heavy (non-hydrogen) atoms. The maximum absolute atomic E-state index is 12.1. The van der Waals surface area contributed by atoms with E-state index in [4.69, 9.17) is 16.3 Å². The van der Waals surface area contributed by atoms with Crippen LogP contribution >= 0.6 is 11.6 Å². The van der Waals surface area contributed by atoms with Crippen LogP contribution in [0.5, 0.6) is 5.75 Å². The van der Waals surface area contributed by atoms with E-state index in [0.717, 1.165) is 12.8 Å². The molecule has 0 spiro atoms. The zero-order chi connectivity index (χ0) is 12.8. The van der Waals surface area contributed by atoms with E-state index in [1.807, 2.05) is 0 Å². The Kier molecular flexibility index (Phi) is 5.49. The summed E-state index contributed by atoms with van der Waals surface area (Å²) in [7, 11) is 1.56. The Morgan fingerprint density at radius 1 is 1.47 bits per heavy atom. The minimum absolute atomic E-state index is 0.102. The summed E-state index contributed by atoms with van der Waals surface area (Å²) in [6.45, 7) is 4.22. The molecule has 1 unspecified atom stereocenters. The van der Waals surface area contributed by atoms with Gasteiger partial charge in [-0.15, -0.1) is 0 Å². The molecule has 0 saturated carbocycles. The van der Waals surface area contributed by atoms with Gasteiger partial charge in [0.1, 0.15) is 5.75 Å². The number of carbonyl (C=O) groups excluding carboxylic acids is 1. The maximum atomic E-state index is 12.1. The predicted octanol–water partition coefficient (Wildman–Crippen LogP) is 4.36. The molecule has 1 aromatic carbocycles. The van der Waals surface area contributed by atoms with Crippen molar-refractivity contribution in [2.45, 2.75) is 33.1 Å². The summed E-state index contributed by atoms with van der Waals surface area (Å²) in [5.74, 6) is 1.10. The Bertz CT molecular complexity index is 388. The fourth-order valence-corrected chi connectivity index (χ4v) is 2.09. The number of halogens is 1. The lowest BCUT2D eigenvalue weighted by Gasteiger charge is -2.11. The summed E-state index contributed by atoms with van der Waals surface area (Å²) in [5, 5.41) is 0.567. The fraction of sp³-hybridized carbons (Fsp3) is 0.500. The molecular weight excluding hydrogens is 236 g/mol. The monoisotopic (exact) mass is 254 g/mol. The van der Waals surface area contributed by atoms with Crippen LogP contribution in [-0.4, -0.2) is 12.9 Å². The summed E-state index contributed by atoms with van der Waals surface area (Å²) >= 11 is 5.91. The van der Waals surface area contributed by atoms with Gasteiger partial charge in [0.05, 0.1) is 12.7 Å². The van der Waals surface area contributed by atoms with Crippen molar-refractivity contribution in [3.8, 4) is 5.75 Å². The van der Waals surface area contributed by atoms with Gasteiger partial charge in [-0.3, -0.25) is 4.79 Å². The van der Waals surface area contributed by atoms with E-state index in [0.29, 0.717) is 28.7 Å². The molecule has 1 atom stereocenters. The molecule has 2 nitrogen and oxygen atoms in total. The third-order valence-corrected chi connectivity index (χ3v) is 3.01. The van der Waals surface area contributed by atoms with Gasteiger partial charge in [0.2, 0.25) is 0 Å². The van der Waals surface area contributed by atoms with Crippen LogP contribution in [0.15, 0.2) is 18.2 Å². The summed E-state index contributed by atoms with van der Waals surface area (Å²) in [6.07, 6.45) is 2.71. The molecule has 0 saturated heterocycles. The van der Waals surface area contributed by atoms with Crippen molar-refractivity contribution in [1.29, 1.82) is 0 Å². The van der Waals surface area contributed by atoms with Crippen LogP contribution in [0.1, 0.15) is 43.5 Å². The first-order valence-corrected chi connectivity index (χ1v) is 6.33. The highest BCUT2D eigenvalue weighted by atomic mass is 35.5.